The lowest BCUT2D eigenvalue weighted by Crippen LogP contribution is -2.44. The molecular weight excluding hydrogens is 371 g/mol. The molecule has 0 unspecified atom stereocenters. The number of hydrogen-bond acceptors (Lipinski definition) is 4. The number of rotatable bonds is 5. The van der Waals surface area contributed by atoms with Gasteiger partial charge in [-0.15, -0.1) is 0 Å². The fourth-order valence-electron chi connectivity index (χ4n) is 2.82. The highest BCUT2D eigenvalue weighted by atomic mass is 35.5. The average molecular weight is 393 g/mol. The summed E-state index contributed by atoms with van der Waals surface area (Å²) in [6.07, 6.45) is 0. The van der Waals surface area contributed by atoms with Gasteiger partial charge in [0.2, 0.25) is 5.91 Å². The molecule has 0 spiro atoms. The van der Waals surface area contributed by atoms with Crippen molar-refractivity contribution in [2.45, 2.75) is 0 Å². The van der Waals surface area contributed by atoms with Crippen LogP contribution in [-0.2, 0) is 4.79 Å². The number of carbonyl (C=O) groups excluding carboxylic acids is 1. The van der Waals surface area contributed by atoms with Crippen LogP contribution in [0.2, 0.25) is 10.0 Å². The molecule has 138 valence electrons. The maximum atomic E-state index is 12.1. The zero-order chi connectivity index (χ0) is 18.5. The van der Waals surface area contributed by atoms with Crippen molar-refractivity contribution >= 4 is 46.2 Å². The third kappa shape index (κ3) is 5.04. The summed E-state index contributed by atoms with van der Waals surface area (Å²) in [7, 11) is 2.14. The van der Waals surface area contributed by atoms with Gasteiger partial charge in [-0.1, -0.05) is 23.2 Å². The van der Waals surface area contributed by atoms with Crippen molar-refractivity contribution in [3.63, 3.8) is 0 Å². The summed E-state index contributed by atoms with van der Waals surface area (Å²) >= 11 is 12.0. The van der Waals surface area contributed by atoms with Crippen molar-refractivity contribution in [2.24, 2.45) is 0 Å². The summed E-state index contributed by atoms with van der Waals surface area (Å²) < 4.78 is 0. The lowest BCUT2D eigenvalue weighted by atomic mass is 10.2. The molecule has 0 atom stereocenters. The largest absolute Gasteiger partial charge is 0.376 e. The van der Waals surface area contributed by atoms with Crippen LogP contribution >= 0.6 is 23.2 Å². The molecule has 0 aliphatic carbocycles. The number of likely N-dealkylation sites (N-methyl/N-ethyl adjacent to an activating group) is 1. The molecule has 1 aliphatic rings. The average Bonchev–Trinajstić information content (AvgIpc) is 2.64. The van der Waals surface area contributed by atoms with E-state index in [1.165, 1.54) is 5.69 Å². The molecule has 3 rings (SSSR count). The van der Waals surface area contributed by atoms with Crippen molar-refractivity contribution in [2.75, 3.05) is 55.3 Å². The Labute approximate surface area is 163 Å². The topological polar surface area (TPSA) is 47.6 Å². The predicted octanol–water partition coefficient (Wildman–Crippen LogP) is 3.80. The second-order valence-electron chi connectivity index (χ2n) is 6.36. The highest BCUT2D eigenvalue weighted by Crippen LogP contribution is 2.25. The van der Waals surface area contributed by atoms with Gasteiger partial charge < -0.3 is 20.4 Å². The van der Waals surface area contributed by atoms with Crippen LogP contribution in [0.3, 0.4) is 0 Å². The van der Waals surface area contributed by atoms with Crippen LogP contribution in [0, 0.1) is 0 Å². The molecular formula is C19H22Cl2N4O. The normalized spacial score (nSPS) is 15.0. The van der Waals surface area contributed by atoms with Gasteiger partial charge in [0.25, 0.3) is 0 Å². The molecule has 2 aromatic rings. The minimum absolute atomic E-state index is 0.150. The van der Waals surface area contributed by atoms with Crippen LogP contribution in [0.4, 0.5) is 17.1 Å². The van der Waals surface area contributed by atoms with Crippen molar-refractivity contribution < 1.29 is 4.79 Å². The number of carbonyl (C=O) groups is 1. The summed E-state index contributed by atoms with van der Waals surface area (Å²) in [6.45, 7) is 4.37. The first-order valence-corrected chi connectivity index (χ1v) is 9.29. The Morgan fingerprint density at radius 3 is 2.42 bits per heavy atom. The standard InChI is InChI=1S/C19H22Cl2N4O/c1-24-8-10-25(11-9-24)16-5-3-15(4-6-16)22-13-19(26)23-18-12-14(20)2-7-17(18)21/h2-7,12,22H,8-11,13H2,1H3,(H,23,26). The van der Waals surface area contributed by atoms with E-state index >= 15 is 0 Å². The van der Waals surface area contributed by atoms with E-state index in [4.69, 9.17) is 23.2 Å². The van der Waals surface area contributed by atoms with E-state index in [-0.39, 0.29) is 12.5 Å². The van der Waals surface area contributed by atoms with Crippen LogP contribution < -0.4 is 15.5 Å². The van der Waals surface area contributed by atoms with E-state index in [9.17, 15) is 4.79 Å². The number of anilines is 3. The number of amides is 1. The van der Waals surface area contributed by atoms with Crippen LogP contribution in [0.25, 0.3) is 0 Å². The van der Waals surface area contributed by atoms with Gasteiger partial charge in [0, 0.05) is 42.6 Å². The van der Waals surface area contributed by atoms with Crippen molar-refractivity contribution in [3.8, 4) is 0 Å². The molecule has 1 heterocycles. The van der Waals surface area contributed by atoms with Gasteiger partial charge in [-0.25, -0.2) is 0 Å². The molecule has 1 fully saturated rings. The molecule has 1 aliphatic heterocycles. The number of benzene rings is 2. The number of halogens is 2. The van der Waals surface area contributed by atoms with Gasteiger partial charge in [0.05, 0.1) is 17.3 Å². The lowest BCUT2D eigenvalue weighted by Gasteiger charge is -2.34. The Bertz CT molecular complexity index is 759. The third-order valence-corrected chi connectivity index (χ3v) is 4.96. The first-order chi connectivity index (χ1) is 12.5. The van der Waals surface area contributed by atoms with Crippen LogP contribution in [0.1, 0.15) is 0 Å². The highest BCUT2D eigenvalue weighted by molar-refractivity contribution is 6.35. The Morgan fingerprint density at radius 2 is 1.73 bits per heavy atom. The molecule has 0 bridgehead atoms. The molecule has 2 N–H and O–H groups in total. The highest BCUT2D eigenvalue weighted by Gasteiger charge is 2.14. The zero-order valence-electron chi connectivity index (χ0n) is 14.6. The molecule has 1 saturated heterocycles. The van der Waals surface area contributed by atoms with Gasteiger partial charge in [0.15, 0.2) is 0 Å². The van der Waals surface area contributed by atoms with Crippen molar-refractivity contribution in [3.05, 3.63) is 52.5 Å². The molecule has 0 aromatic heterocycles. The molecule has 26 heavy (non-hydrogen) atoms. The zero-order valence-corrected chi connectivity index (χ0v) is 16.1. The monoisotopic (exact) mass is 392 g/mol. The van der Waals surface area contributed by atoms with Gasteiger partial charge >= 0.3 is 0 Å². The minimum atomic E-state index is -0.183. The van der Waals surface area contributed by atoms with Crippen LogP contribution in [0.15, 0.2) is 42.5 Å². The minimum Gasteiger partial charge on any atom is -0.376 e. The van der Waals surface area contributed by atoms with Crippen LogP contribution in [-0.4, -0.2) is 50.6 Å². The fourth-order valence-corrected chi connectivity index (χ4v) is 3.16. The van der Waals surface area contributed by atoms with Crippen LogP contribution in [0.5, 0.6) is 0 Å². The van der Waals surface area contributed by atoms with Gasteiger partial charge in [-0.2, -0.15) is 0 Å². The van der Waals surface area contributed by atoms with E-state index in [1.807, 2.05) is 12.1 Å². The fraction of sp³-hybridized carbons (Fsp3) is 0.316. The smallest absolute Gasteiger partial charge is 0.243 e. The van der Waals surface area contributed by atoms with E-state index in [0.29, 0.717) is 15.7 Å². The Hall–Kier alpha value is -1.95. The number of hydrogen-bond donors (Lipinski definition) is 2. The third-order valence-electron chi connectivity index (χ3n) is 4.39. The Balaban J connectivity index is 1.51. The molecule has 2 aromatic carbocycles. The molecule has 5 nitrogen and oxygen atoms in total. The molecule has 0 saturated carbocycles. The molecule has 1 amide bonds. The summed E-state index contributed by atoms with van der Waals surface area (Å²) in [5.74, 6) is -0.183. The van der Waals surface area contributed by atoms with Gasteiger partial charge in [-0.05, 0) is 49.5 Å². The van der Waals surface area contributed by atoms with E-state index in [0.717, 1.165) is 31.9 Å². The number of piperazine rings is 1. The summed E-state index contributed by atoms with van der Waals surface area (Å²) in [5.41, 5.74) is 2.62. The lowest BCUT2D eigenvalue weighted by molar-refractivity contribution is -0.114. The summed E-state index contributed by atoms with van der Waals surface area (Å²) in [5, 5.41) is 6.86. The summed E-state index contributed by atoms with van der Waals surface area (Å²) in [6, 6.07) is 13.1. The maximum Gasteiger partial charge on any atom is 0.243 e. The van der Waals surface area contributed by atoms with E-state index < -0.39 is 0 Å². The second kappa shape index (κ2) is 8.62. The Kier molecular flexibility index (Phi) is 6.25. The van der Waals surface area contributed by atoms with E-state index in [2.05, 4.69) is 39.6 Å². The first-order valence-electron chi connectivity index (χ1n) is 8.53. The number of nitrogens with one attached hydrogen (secondary N) is 2. The van der Waals surface area contributed by atoms with Gasteiger partial charge in [-0.3, -0.25) is 4.79 Å². The van der Waals surface area contributed by atoms with Crippen molar-refractivity contribution in [1.82, 2.24) is 4.90 Å². The predicted molar refractivity (Wildman–Crippen MR) is 110 cm³/mol. The number of nitrogens with zero attached hydrogens (tertiary/aromatic N) is 2. The maximum absolute atomic E-state index is 12.1. The van der Waals surface area contributed by atoms with Crippen molar-refractivity contribution in [1.29, 1.82) is 0 Å². The first kappa shape index (κ1) is 18.8. The summed E-state index contributed by atoms with van der Waals surface area (Å²) in [4.78, 5) is 16.8. The Morgan fingerprint density at radius 1 is 1.04 bits per heavy atom. The van der Waals surface area contributed by atoms with Gasteiger partial charge in [0.1, 0.15) is 0 Å². The molecule has 7 heteroatoms. The SMILES string of the molecule is CN1CCN(c2ccc(NCC(=O)Nc3cc(Cl)ccc3Cl)cc2)CC1. The molecule has 0 radical (unpaired) electrons. The second-order valence-corrected chi connectivity index (χ2v) is 7.21. The van der Waals surface area contributed by atoms with E-state index in [1.54, 1.807) is 18.2 Å². The quantitative estimate of drug-likeness (QED) is 0.812.